The van der Waals surface area contributed by atoms with Gasteiger partial charge in [0.2, 0.25) is 0 Å². The van der Waals surface area contributed by atoms with E-state index in [1.54, 1.807) is 24.7 Å². The molecular weight excluding hydrogens is 162 g/mol. The topological polar surface area (TPSA) is 41.6 Å². The van der Waals surface area contributed by atoms with Gasteiger partial charge in [0.25, 0.3) is 0 Å². The highest BCUT2D eigenvalue weighted by Crippen LogP contribution is 2.07. The van der Waals surface area contributed by atoms with Gasteiger partial charge in [0.15, 0.2) is 0 Å². The van der Waals surface area contributed by atoms with Crippen LogP contribution in [0.4, 0.5) is 0 Å². The van der Waals surface area contributed by atoms with E-state index in [0.29, 0.717) is 5.56 Å². The fraction of sp³-hybridized carbons (Fsp3) is 0. The second-order valence-corrected chi connectivity index (χ2v) is 2.63. The minimum absolute atomic E-state index is 0.670. The lowest BCUT2D eigenvalue weighted by atomic mass is 10.2. The molecule has 0 N–H and O–H groups in total. The van der Waals surface area contributed by atoms with Crippen molar-refractivity contribution in [2.24, 2.45) is 0 Å². The van der Waals surface area contributed by atoms with Crippen molar-refractivity contribution in [3.8, 4) is 11.8 Å². The maximum absolute atomic E-state index is 8.59. The van der Waals surface area contributed by atoms with Crippen LogP contribution in [0.2, 0.25) is 0 Å². The van der Waals surface area contributed by atoms with Gasteiger partial charge in [0.05, 0.1) is 18.0 Å². The molecule has 0 unspecified atom stereocenters. The Morgan fingerprint density at radius 1 is 1.23 bits per heavy atom. The molecule has 0 radical (unpaired) electrons. The molecule has 0 aliphatic heterocycles. The van der Waals surface area contributed by atoms with Gasteiger partial charge in [-0.25, -0.2) is 4.98 Å². The van der Waals surface area contributed by atoms with Crippen molar-refractivity contribution in [1.29, 1.82) is 5.26 Å². The van der Waals surface area contributed by atoms with Crippen LogP contribution in [0.1, 0.15) is 5.56 Å². The van der Waals surface area contributed by atoms with Crippen molar-refractivity contribution in [2.45, 2.75) is 0 Å². The van der Waals surface area contributed by atoms with Crippen molar-refractivity contribution in [2.75, 3.05) is 0 Å². The van der Waals surface area contributed by atoms with Crippen LogP contribution in [0.15, 0.2) is 43.0 Å². The van der Waals surface area contributed by atoms with Crippen LogP contribution in [0, 0.1) is 11.3 Å². The van der Waals surface area contributed by atoms with E-state index in [2.05, 4.69) is 11.1 Å². The lowest BCUT2D eigenvalue weighted by Crippen LogP contribution is -1.88. The average molecular weight is 169 g/mol. The molecule has 0 saturated carbocycles. The first kappa shape index (κ1) is 7.56. The molecule has 1 aromatic carbocycles. The molecule has 0 aliphatic carbocycles. The third kappa shape index (κ3) is 1.42. The Labute approximate surface area is 75.9 Å². The SMILES string of the molecule is N#Cc1ccc(-n2ccnc2)cc1. The zero-order valence-corrected chi connectivity index (χ0v) is 6.88. The highest BCUT2D eigenvalue weighted by molar-refractivity contribution is 5.39. The fourth-order valence-corrected chi connectivity index (χ4v) is 1.12. The molecular formula is C10H7N3. The van der Waals surface area contributed by atoms with Crippen LogP contribution in [0.3, 0.4) is 0 Å². The van der Waals surface area contributed by atoms with Gasteiger partial charge < -0.3 is 4.57 Å². The molecule has 0 fully saturated rings. The standard InChI is InChI=1S/C10H7N3/c11-7-9-1-3-10(4-2-9)13-6-5-12-8-13/h1-6,8H. The molecule has 2 rings (SSSR count). The average Bonchev–Trinajstić information content (AvgIpc) is 2.71. The van der Waals surface area contributed by atoms with Crippen molar-refractivity contribution in [1.82, 2.24) is 9.55 Å². The van der Waals surface area contributed by atoms with Crippen molar-refractivity contribution in [3.63, 3.8) is 0 Å². The summed E-state index contributed by atoms with van der Waals surface area (Å²) < 4.78 is 1.89. The Balaban J connectivity index is 2.40. The number of nitrogens with zero attached hydrogens (tertiary/aromatic N) is 3. The third-order valence-electron chi connectivity index (χ3n) is 1.80. The zero-order chi connectivity index (χ0) is 9.10. The van der Waals surface area contributed by atoms with Gasteiger partial charge in [-0.05, 0) is 24.3 Å². The molecule has 3 heteroatoms. The minimum atomic E-state index is 0.670. The maximum atomic E-state index is 8.59. The first-order valence-electron chi connectivity index (χ1n) is 3.88. The van der Waals surface area contributed by atoms with Gasteiger partial charge >= 0.3 is 0 Å². The van der Waals surface area contributed by atoms with E-state index >= 15 is 0 Å². The second kappa shape index (κ2) is 3.11. The van der Waals surface area contributed by atoms with Crippen LogP contribution >= 0.6 is 0 Å². The van der Waals surface area contributed by atoms with Crippen LogP contribution in [-0.2, 0) is 0 Å². The summed E-state index contributed by atoms with van der Waals surface area (Å²) in [6.45, 7) is 0. The lowest BCUT2D eigenvalue weighted by Gasteiger charge is -1.99. The summed E-state index contributed by atoms with van der Waals surface area (Å²) in [5.74, 6) is 0. The summed E-state index contributed by atoms with van der Waals surface area (Å²) in [5, 5.41) is 8.59. The predicted molar refractivity (Wildman–Crippen MR) is 48.3 cm³/mol. The van der Waals surface area contributed by atoms with Gasteiger partial charge in [-0.15, -0.1) is 0 Å². The van der Waals surface area contributed by atoms with E-state index in [1.165, 1.54) is 0 Å². The zero-order valence-electron chi connectivity index (χ0n) is 6.88. The summed E-state index contributed by atoms with van der Waals surface area (Å²) in [7, 11) is 0. The van der Waals surface area contributed by atoms with Crippen LogP contribution in [-0.4, -0.2) is 9.55 Å². The second-order valence-electron chi connectivity index (χ2n) is 2.63. The number of imidazole rings is 1. The minimum Gasteiger partial charge on any atom is -0.306 e. The van der Waals surface area contributed by atoms with Crippen molar-refractivity contribution >= 4 is 0 Å². The van der Waals surface area contributed by atoms with Crippen LogP contribution in [0.25, 0.3) is 5.69 Å². The van der Waals surface area contributed by atoms with Gasteiger partial charge in [-0.2, -0.15) is 5.26 Å². The Morgan fingerprint density at radius 3 is 2.54 bits per heavy atom. The van der Waals surface area contributed by atoms with E-state index in [0.717, 1.165) is 5.69 Å². The molecule has 13 heavy (non-hydrogen) atoms. The molecule has 0 bridgehead atoms. The fourth-order valence-electron chi connectivity index (χ4n) is 1.12. The molecule has 3 nitrogen and oxygen atoms in total. The summed E-state index contributed by atoms with van der Waals surface area (Å²) in [6, 6.07) is 9.43. The molecule has 0 saturated heterocycles. The molecule has 62 valence electrons. The Kier molecular flexibility index (Phi) is 1.81. The normalized spacial score (nSPS) is 9.46. The first-order valence-corrected chi connectivity index (χ1v) is 3.88. The predicted octanol–water partition coefficient (Wildman–Crippen LogP) is 1.74. The van der Waals surface area contributed by atoms with Gasteiger partial charge in [0, 0.05) is 18.1 Å². The number of hydrogen-bond acceptors (Lipinski definition) is 2. The Bertz CT molecular complexity index is 420. The molecule has 0 atom stereocenters. The smallest absolute Gasteiger partial charge is 0.0991 e. The number of aromatic nitrogens is 2. The molecule has 0 spiro atoms. The summed E-state index contributed by atoms with van der Waals surface area (Å²) in [4.78, 5) is 3.94. The summed E-state index contributed by atoms with van der Waals surface area (Å²) in [5.41, 5.74) is 1.68. The number of rotatable bonds is 1. The summed E-state index contributed by atoms with van der Waals surface area (Å²) in [6.07, 6.45) is 5.31. The van der Waals surface area contributed by atoms with E-state index in [9.17, 15) is 0 Å². The van der Waals surface area contributed by atoms with Gasteiger partial charge in [0.1, 0.15) is 0 Å². The van der Waals surface area contributed by atoms with E-state index < -0.39 is 0 Å². The quantitative estimate of drug-likeness (QED) is 0.652. The van der Waals surface area contributed by atoms with Crippen LogP contribution in [0.5, 0.6) is 0 Å². The largest absolute Gasteiger partial charge is 0.306 e. The third-order valence-corrected chi connectivity index (χ3v) is 1.80. The molecule has 0 amide bonds. The Morgan fingerprint density at radius 2 is 2.00 bits per heavy atom. The highest BCUT2D eigenvalue weighted by atomic mass is 15.0. The molecule has 2 aromatic rings. The van der Waals surface area contributed by atoms with Gasteiger partial charge in [-0.3, -0.25) is 0 Å². The maximum Gasteiger partial charge on any atom is 0.0991 e. The van der Waals surface area contributed by atoms with Crippen LogP contribution < -0.4 is 0 Å². The van der Waals surface area contributed by atoms with Crippen molar-refractivity contribution < 1.29 is 0 Å². The van der Waals surface area contributed by atoms with Gasteiger partial charge in [-0.1, -0.05) is 0 Å². The number of nitriles is 1. The van der Waals surface area contributed by atoms with E-state index in [-0.39, 0.29) is 0 Å². The number of benzene rings is 1. The van der Waals surface area contributed by atoms with Crippen molar-refractivity contribution in [3.05, 3.63) is 48.5 Å². The van der Waals surface area contributed by atoms with E-state index in [4.69, 9.17) is 5.26 Å². The molecule has 1 heterocycles. The number of hydrogen-bond donors (Lipinski definition) is 0. The lowest BCUT2D eigenvalue weighted by molar-refractivity contribution is 1.06. The highest BCUT2D eigenvalue weighted by Gasteiger charge is 1.94. The monoisotopic (exact) mass is 169 g/mol. The summed E-state index contributed by atoms with van der Waals surface area (Å²) >= 11 is 0. The molecule has 1 aromatic heterocycles. The van der Waals surface area contributed by atoms with E-state index in [1.807, 2.05) is 22.9 Å². The molecule has 0 aliphatic rings. The Hall–Kier alpha value is -2.08. The first-order chi connectivity index (χ1) is 6.40.